The van der Waals surface area contributed by atoms with Crippen molar-refractivity contribution in [2.75, 3.05) is 19.8 Å². The molecule has 0 unspecified atom stereocenters. The minimum absolute atomic E-state index is 0.0271. The number of carbonyl (C=O) groups is 1. The summed E-state index contributed by atoms with van der Waals surface area (Å²) in [5.74, 6) is -0.0271. The Labute approximate surface area is 102 Å². The molecule has 17 heavy (non-hydrogen) atoms. The second kappa shape index (κ2) is 5.33. The summed E-state index contributed by atoms with van der Waals surface area (Å²) in [5.41, 5.74) is 5.37. The lowest BCUT2D eigenvalue weighted by Crippen LogP contribution is -2.61. The summed E-state index contributed by atoms with van der Waals surface area (Å²) in [6.45, 7) is 3.89. The van der Waals surface area contributed by atoms with E-state index >= 15 is 0 Å². The van der Waals surface area contributed by atoms with Crippen LogP contribution in [0.2, 0.25) is 0 Å². The largest absolute Gasteiger partial charge is 0.381 e. The van der Waals surface area contributed by atoms with Crippen LogP contribution in [0.1, 0.15) is 32.6 Å². The Bertz CT molecular complexity index is 271. The first-order valence-corrected chi connectivity index (χ1v) is 6.43. The molecule has 2 aliphatic rings. The van der Waals surface area contributed by atoms with Crippen molar-refractivity contribution < 1.29 is 14.3 Å². The SMILES string of the molecule is CCOC1CC(NC(=O)C2(N)CCOCC2)C1. The predicted molar refractivity (Wildman–Crippen MR) is 63.6 cm³/mol. The maximum absolute atomic E-state index is 12.1. The highest BCUT2D eigenvalue weighted by Crippen LogP contribution is 2.25. The molecule has 2 rings (SSSR count). The normalized spacial score (nSPS) is 31.6. The summed E-state index contributed by atoms with van der Waals surface area (Å²) in [7, 11) is 0. The van der Waals surface area contributed by atoms with Crippen molar-refractivity contribution in [2.45, 2.75) is 50.3 Å². The molecule has 3 N–H and O–H groups in total. The lowest BCUT2D eigenvalue weighted by molar-refractivity contribution is -0.132. The highest BCUT2D eigenvalue weighted by atomic mass is 16.5. The van der Waals surface area contributed by atoms with Crippen LogP contribution in [-0.2, 0) is 14.3 Å². The Morgan fingerprint density at radius 3 is 2.71 bits per heavy atom. The van der Waals surface area contributed by atoms with Gasteiger partial charge in [0, 0.05) is 25.9 Å². The number of hydrogen-bond donors (Lipinski definition) is 2. The molecular formula is C12H22N2O3. The van der Waals surface area contributed by atoms with Crippen molar-refractivity contribution >= 4 is 5.91 Å². The van der Waals surface area contributed by atoms with Crippen molar-refractivity contribution in [1.29, 1.82) is 0 Å². The molecule has 1 aliphatic carbocycles. The van der Waals surface area contributed by atoms with E-state index < -0.39 is 5.54 Å². The van der Waals surface area contributed by atoms with E-state index in [-0.39, 0.29) is 11.9 Å². The maximum atomic E-state index is 12.1. The minimum atomic E-state index is -0.727. The number of carbonyl (C=O) groups excluding carboxylic acids is 1. The lowest BCUT2D eigenvalue weighted by atomic mass is 9.86. The lowest BCUT2D eigenvalue weighted by Gasteiger charge is -2.39. The van der Waals surface area contributed by atoms with Gasteiger partial charge < -0.3 is 20.5 Å². The van der Waals surface area contributed by atoms with Crippen molar-refractivity contribution in [2.24, 2.45) is 5.73 Å². The topological polar surface area (TPSA) is 73.6 Å². The molecule has 0 spiro atoms. The first-order chi connectivity index (χ1) is 8.14. The van der Waals surface area contributed by atoms with E-state index in [0.29, 0.717) is 32.2 Å². The van der Waals surface area contributed by atoms with Crippen LogP contribution >= 0.6 is 0 Å². The van der Waals surface area contributed by atoms with Crippen LogP contribution in [0.25, 0.3) is 0 Å². The molecule has 0 aromatic heterocycles. The van der Waals surface area contributed by atoms with Gasteiger partial charge in [-0.3, -0.25) is 4.79 Å². The zero-order valence-electron chi connectivity index (χ0n) is 10.4. The van der Waals surface area contributed by atoms with Crippen molar-refractivity contribution in [1.82, 2.24) is 5.32 Å². The molecule has 1 amide bonds. The Morgan fingerprint density at radius 2 is 2.12 bits per heavy atom. The molecule has 1 saturated heterocycles. The third-order valence-electron chi connectivity index (χ3n) is 3.67. The summed E-state index contributed by atoms with van der Waals surface area (Å²) in [5, 5.41) is 3.02. The highest BCUT2D eigenvalue weighted by molar-refractivity contribution is 5.86. The third-order valence-corrected chi connectivity index (χ3v) is 3.67. The first kappa shape index (κ1) is 12.8. The average Bonchev–Trinajstić information content (AvgIpc) is 2.27. The smallest absolute Gasteiger partial charge is 0.240 e. The van der Waals surface area contributed by atoms with Gasteiger partial charge in [-0.1, -0.05) is 0 Å². The molecule has 1 saturated carbocycles. The van der Waals surface area contributed by atoms with Gasteiger partial charge in [-0.15, -0.1) is 0 Å². The van der Waals surface area contributed by atoms with E-state index in [1.807, 2.05) is 6.92 Å². The monoisotopic (exact) mass is 242 g/mol. The molecule has 0 bridgehead atoms. The van der Waals surface area contributed by atoms with Crippen LogP contribution in [0.15, 0.2) is 0 Å². The number of nitrogens with one attached hydrogen (secondary N) is 1. The molecule has 5 heteroatoms. The zero-order chi connectivity index (χ0) is 12.3. The molecule has 0 atom stereocenters. The van der Waals surface area contributed by atoms with Crippen molar-refractivity contribution in [3.63, 3.8) is 0 Å². The van der Waals surface area contributed by atoms with Gasteiger partial charge in [0.2, 0.25) is 5.91 Å². The van der Waals surface area contributed by atoms with Crippen LogP contribution < -0.4 is 11.1 Å². The Balaban J connectivity index is 1.74. The van der Waals surface area contributed by atoms with Crippen LogP contribution in [0.4, 0.5) is 0 Å². The Hall–Kier alpha value is -0.650. The molecule has 2 fully saturated rings. The summed E-state index contributed by atoms with van der Waals surface area (Å²) in [6.07, 6.45) is 3.35. The molecule has 0 radical (unpaired) electrons. The second-order valence-electron chi connectivity index (χ2n) is 4.99. The molecule has 98 valence electrons. The fraction of sp³-hybridized carbons (Fsp3) is 0.917. The Kier molecular flexibility index (Phi) is 4.01. The number of rotatable bonds is 4. The van der Waals surface area contributed by atoms with Gasteiger partial charge in [0.05, 0.1) is 11.6 Å². The van der Waals surface area contributed by atoms with Crippen LogP contribution in [-0.4, -0.2) is 43.4 Å². The van der Waals surface area contributed by atoms with E-state index in [9.17, 15) is 4.79 Å². The van der Waals surface area contributed by atoms with Gasteiger partial charge in [-0.25, -0.2) is 0 Å². The van der Waals surface area contributed by atoms with Gasteiger partial charge in [0.25, 0.3) is 0 Å². The number of hydrogen-bond acceptors (Lipinski definition) is 4. The fourth-order valence-corrected chi connectivity index (χ4v) is 2.35. The first-order valence-electron chi connectivity index (χ1n) is 6.43. The molecule has 1 aliphatic heterocycles. The minimum Gasteiger partial charge on any atom is -0.381 e. The zero-order valence-corrected chi connectivity index (χ0v) is 10.4. The van der Waals surface area contributed by atoms with E-state index in [2.05, 4.69) is 5.32 Å². The number of amides is 1. The van der Waals surface area contributed by atoms with Gasteiger partial charge in [0.1, 0.15) is 0 Å². The maximum Gasteiger partial charge on any atom is 0.240 e. The molecule has 1 heterocycles. The van der Waals surface area contributed by atoms with Gasteiger partial charge in [-0.2, -0.15) is 0 Å². The summed E-state index contributed by atoms with van der Waals surface area (Å²) >= 11 is 0. The second-order valence-corrected chi connectivity index (χ2v) is 4.99. The highest BCUT2D eigenvalue weighted by Gasteiger charge is 2.39. The van der Waals surface area contributed by atoms with E-state index in [1.165, 1.54) is 0 Å². The molecule has 0 aromatic carbocycles. The van der Waals surface area contributed by atoms with Gasteiger partial charge in [-0.05, 0) is 32.6 Å². The summed E-state index contributed by atoms with van der Waals surface area (Å²) in [4.78, 5) is 12.1. The quantitative estimate of drug-likeness (QED) is 0.737. The molecule has 0 aromatic rings. The Morgan fingerprint density at radius 1 is 1.47 bits per heavy atom. The fourth-order valence-electron chi connectivity index (χ4n) is 2.35. The molecule has 5 nitrogen and oxygen atoms in total. The van der Waals surface area contributed by atoms with Gasteiger partial charge in [0.15, 0.2) is 0 Å². The van der Waals surface area contributed by atoms with Crippen LogP contribution in [0.5, 0.6) is 0 Å². The number of ether oxygens (including phenoxy) is 2. The number of nitrogens with two attached hydrogens (primary N) is 1. The summed E-state index contributed by atoms with van der Waals surface area (Å²) < 4.78 is 10.7. The summed E-state index contributed by atoms with van der Waals surface area (Å²) in [6, 6.07) is 0.238. The van der Waals surface area contributed by atoms with E-state index in [1.54, 1.807) is 0 Å². The van der Waals surface area contributed by atoms with Crippen molar-refractivity contribution in [3.8, 4) is 0 Å². The standard InChI is InChI=1S/C12H22N2O3/c1-2-17-10-7-9(8-10)14-11(15)12(13)3-5-16-6-4-12/h9-10H,2-8,13H2,1H3,(H,14,15). The van der Waals surface area contributed by atoms with Crippen LogP contribution in [0, 0.1) is 0 Å². The predicted octanol–water partition coefficient (Wildman–Crippen LogP) is 0.178. The van der Waals surface area contributed by atoms with Crippen LogP contribution in [0.3, 0.4) is 0 Å². The van der Waals surface area contributed by atoms with Gasteiger partial charge >= 0.3 is 0 Å². The van der Waals surface area contributed by atoms with Crippen molar-refractivity contribution in [3.05, 3.63) is 0 Å². The van der Waals surface area contributed by atoms with E-state index in [4.69, 9.17) is 15.2 Å². The average molecular weight is 242 g/mol. The molecular weight excluding hydrogens is 220 g/mol. The van der Waals surface area contributed by atoms with E-state index in [0.717, 1.165) is 19.4 Å². The third kappa shape index (κ3) is 2.97.